The summed E-state index contributed by atoms with van der Waals surface area (Å²) in [5, 5.41) is 0. The molecule has 2 N–H and O–H groups in total. The summed E-state index contributed by atoms with van der Waals surface area (Å²) in [5.41, 5.74) is 2.57. The number of hydroxylamine groups is 1. The summed E-state index contributed by atoms with van der Waals surface area (Å²) in [6.07, 6.45) is 19.3. The molecule has 0 saturated heterocycles. The van der Waals surface area contributed by atoms with Gasteiger partial charge in [0, 0.05) is 6.54 Å². The maximum atomic E-state index is 11.7. The maximum absolute atomic E-state index is 11.7. The van der Waals surface area contributed by atoms with Crippen molar-refractivity contribution in [3.8, 4) is 0 Å². The quantitative estimate of drug-likeness (QED) is 0.126. The van der Waals surface area contributed by atoms with Crippen LogP contribution < -0.4 is 5.48 Å². The van der Waals surface area contributed by atoms with Gasteiger partial charge in [0.15, 0.2) is 0 Å². The van der Waals surface area contributed by atoms with Crippen molar-refractivity contribution in [1.29, 1.82) is 0 Å². The Morgan fingerprint density at radius 2 is 1.12 bits per heavy atom. The lowest BCUT2D eigenvalue weighted by Crippen LogP contribution is -2.15. The number of phosphoric acid groups is 1. The molecule has 0 rings (SSSR count). The summed E-state index contributed by atoms with van der Waals surface area (Å²) in [6.45, 7) is 5.30. The minimum absolute atomic E-state index is 0.281. The fourth-order valence-electron chi connectivity index (χ4n) is 2.90. The van der Waals surface area contributed by atoms with Gasteiger partial charge in [0.1, 0.15) is 0 Å². The Balaban J connectivity index is 3.32. The van der Waals surface area contributed by atoms with E-state index in [-0.39, 0.29) is 6.61 Å². The van der Waals surface area contributed by atoms with Gasteiger partial charge in [-0.25, -0.2) is 4.57 Å². The number of hydrogen-bond donors (Lipinski definition) is 2. The molecule has 0 aromatic heterocycles. The molecule has 0 fully saturated rings. The molecular formula is C20H44NO4P. The number of phosphoric ester groups is 1. The van der Waals surface area contributed by atoms with Crippen molar-refractivity contribution in [1.82, 2.24) is 5.48 Å². The Morgan fingerprint density at radius 1 is 0.692 bits per heavy atom. The summed E-state index contributed by atoms with van der Waals surface area (Å²) >= 11 is 0. The van der Waals surface area contributed by atoms with Crippen LogP contribution in [0, 0.1) is 0 Å². The van der Waals surface area contributed by atoms with Crippen LogP contribution in [0.3, 0.4) is 0 Å². The third-order valence-corrected chi connectivity index (χ3v) is 5.43. The predicted molar refractivity (Wildman–Crippen MR) is 110 cm³/mol. The van der Waals surface area contributed by atoms with Crippen molar-refractivity contribution in [2.45, 2.75) is 117 Å². The highest BCUT2D eigenvalue weighted by Crippen LogP contribution is 2.41. The minimum atomic E-state index is -3.95. The van der Waals surface area contributed by atoms with Crippen LogP contribution in [0.5, 0.6) is 0 Å². The fourth-order valence-corrected chi connectivity index (χ4v) is 3.57. The van der Waals surface area contributed by atoms with Gasteiger partial charge in [0.25, 0.3) is 0 Å². The maximum Gasteiger partial charge on any atom is 0.488 e. The van der Waals surface area contributed by atoms with E-state index in [1.807, 2.05) is 0 Å². The number of nitrogens with one attached hydrogen (secondary N) is 1. The number of unbranched alkanes of at least 4 members (excludes halogenated alkanes) is 14. The summed E-state index contributed by atoms with van der Waals surface area (Å²) in [7, 11) is -3.95. The van der Waals surface area contributed by atoms with Crippen LogP contribution in [0.4, 0.5) is 0 Å². The minimum Gasteiger partial charge on any atom is -0.301 e. The SMILES string of the molecule is CCCCCCCCCCCCOP(=O)(O)ONCCCCCCCC. The Hall–Kier alpha value is 0.0700. The highest BCUT2D eigenvalue weighted by atomic mass is 31.2. The topological polar surface area (TPSA) is 67.8 Å². The van der Waals surface area contributed by atoms with Crippen molar-refractivity contribution in [3.63, 3.8) is 0 Å². The van der Waals surface area contributed by atoms with Gasteiger partial charge in [0.05, 0.1) is 6.61 Å². The lowest BCUT2D eigenvalue weighted by atomic mass is 10.1. The zero-order chi connectivity index (χ0) is 19.3. The lowest BCUT2D eigenvalue weighted by Gasteiger charge is -2.12. The largest absolute Gasteiger partial charge is 0.488 e. The normalized spacial score (nSPS) is 13.8. The summed E-state index contributed by atoms with van der Waals surface area (Å²) in [6, 6.07) is 0. The fraction of sp³-hybridized carbons (Fsp3) is 1.00. The van der Waals surface area contributed by atoms with Crippen molar-refractivity contribution in [2.75, 3.05) is 13.2 Å². The summed E-state index contributed by atoms with van der Waals surface area (Å²) in [5.74, 6) is 0. The first-order valence-electron chi connectivity index (χ1n) is 11.0. The van der Waals surface area contributed by atoms with E-state index in [4.69, 9.17) is 9.15 Å². The molecule has 5 nitrogen and oxygen atoms in total. The van der Waals surface area contributed by atoms with Crippen molar-refractivity contribution >= 4 is 7.82 Å². The zero-order valence-corrected chi connectivity index (χ0v) is 18.2. The van der Waals surface area contributed by atoms with E-state index in [9.17, 15) is 9.46 Å². The predicted octanol–water partition coefficient (Wildman–Crippen LogP) is 6.91. The van der Waals surface area contributed by atoms with E-state index >= 15 is 0 Å². The number of hydrogen-bond acceptors (Lipinski definition) is 4. The van der Waals surface area contributed by atoms with Crippen molar-refractivity contribution < 1.29 is 18.6 Å². The van der Waals surface area contributed by atoms with Gasteiger partial charge in [-0.3, -0.25) is 4.52 Å². The molecule has 0 aliphatic heterocycles. The molecule has 0 aromatic carbocycles. The number of rotatable bonds is 21. The van der Waals surface area contributed by atoms with Gasteiger partial charge < -0.3 is 4.89 Å². The molecule has 0 amide bonds. The highest BCUT2D eigenvalue weighted by Gasteiger charge is 2.20. The second kappa shape index (κ2) is 19.8. The molecule has 1 unspecified atom stereocenters. The third-order valence-electron chi connectivity index (χ3n) is 4.56. The van der Waals surface area contributed by atoms with Gasteiger partial charge >= 0.3 is 7.82 Å². The van der Waals surface area contributed by atoms with Gasteiger partial charge in [-0.1, -0.05) is 104 Å². The van der Waals surface area contributed by atoms with Crippen LogP contribution in [0.15, 0.2) is 0 Å². The van der Waals surface area contributed by atoms with Crippen LogP contribution in [0.2, 0.25) is 0 Å². The second-order valence-electron chi connectivity index (χ2n) is 7.24. The second-order valence-corrected chi connectivity index (χ2v) is 8.62. The van der Waals surface area contributed by atoms with E-state index in [2.05, 4.69) is 19.3 Å². The summed E-state index contributed by atoms with van der Waals surface area (Å²) in [4.78, 5) is 9.58. The van der Waals surface area contributed by atoms with Gasteiger partial charge in [-0.15, -0.1) is 0 Å². The van der Waals surface area contributed by atoms with E-state index in [1.54, 1.807) is 0 Å². The van der Waals surface area contributed by atoms with E-state index in [1.165, 1.54) is 77.0 Å². The molecule has 0 aliphatic carbocycles. The molecule has 26 heavy (non-hydrogen) atoms. The molecule has 0 radical (unpaired) electrons. The Labute approximate surface area is 162 Å². The van der Waals surface area contributed by atoms with E-state index in [0.29, 0.717) is 6.54 Å². The Bertz CT molecular complexity index is 329. The molecule has 6 heteroatoms. The van der Waals surface area contributed by atoms with Crippen LogP contribution >= 0.6 is 7.82 Å². The molecule has 0 bridgehead atoms. The smallest absolute Gasteiger partial charge is 0.301 e. The Morgan fingerprint density at radius 3 is 1.62 bits per heavy atom. The monoisotopic (exact) mass is 393 g/mol. The molecule has 0 heterocycles. The standard InChI is InChI=1S/C20H44NO4P/c1-3-5-7-9-11-12-13-14-16-18-20-24-26(22,23)25-21-19-17-15-10-8-6-4-2/h21H,3-20H2,1-2H3,(H,22,23). The van der Waals surface area contributed by atoms with Crippen LogP contribution in [0.1, 0.15) is 117 Å². The molecule has 0 spiro atoms. The molecular weight excluding hydrogens is 349 g/mol. The first-order chi connectivity index (χ1) is 12.6. The molecule has 0 saturated carbocycles. The average Bonchev–Trinajstić information content (AvgIpc) is 2.62. The third kappa shape index (κ3) is 20.4. The average molecular weight is 394 g/mol. The Kier molecular flexibility index (Phi) is 19.9. The molecule has 0 aromatic rings. The van der Waals surface area contributed by atoms with Crippen molar-refractivity contribution in [2.24, 2.45) is 0 Å². The van der Waals surface area contributed by atoms with Crippen LogP contribution in [-0.4, -0.2) is 18.0 Å². The van der Waals surface area contributed by atoms with E-state index < -0.39 is 7.82 Å². The zero-order valence-electron chi connectivity index (χ0n) is 17.3. The molecule has 1 atom stereocenters. The van der Waals surface area contributed by atoms with Crippen LogP contribution in [0.25, 0.3) is 0 Å². The lowest BCUT2D eigenvalue weighted by molar-refractivity contribution is 0.0947. The first-order valence-corrected chi connectivity index (χ1v) is 12.5. The summed E-state index contributed by atoms with van der Waals surface area (Å²) < 4.78 is 21.5. The van der Waals surface area contributed by atoms with Crippen LogP contribution in [-0.2, 0) is 13.7 Å². The highest BCUT2D eigenvalue weighted by molar-refractivity contribution is 7.47. The first kappa shape index (κ1) is 26.1. The van der Waals surface area contributed by atoms with Gasteiger partial charge in [-0.2, -0.15) is 10.1 Å². The van der Waals surface area contributed by atoms with Gasteiger partial charge in [-0.05, 0) is 12.8 Å². The van der Waals surface area contributed by atoms with Crippen molar-refractivity contribution in [3.05, 3.63) is 0 Å². The molecule has 158 valence electrons. The van der Waals surface area contributed by atoms with Gasteiger partial charge in [0.2, 0.25) is 0 Å². The van der Waals surface area contributed by atoms with E-state index in [0.717, 1.165) is 25.7 Å². The molecule has 0 aliphatic rings.